The topological polar surface area (TPSA) is 49.4 Å². The molecule has 3 rings (SSSR count). The molecule has 0 bridgehead atoms. The molecule has 5 heteroatoms. The zero-order valence-corrected chi connectivity index (χ0v) is 14.6. The monoisotopic (exact) mass is 344 g/mol. The van der Waals surface area contributed by atoms with Gasteiger partial charge < -0.3 is 4.90 Å². The summed E-state index contributed by atoms with van der Waals surface area (Å²) < 4.78 is 27.5. The summed E-state index contributed by atoms with van der Waals surface area (Å²) >= 11 is 0. The molecule has 1 aliphatic heterocycles. The minimum absolute atomic E-state index is 0.0470. The van der Waals surface area contributed by atoms with Gasteiger partial charge in [-0.1, -0.05) is 48.5 Å². The molecule has 1 N–H and O–H groups in total. The Balaban J connectivity index is 1.48. The number of piperidine rings is 1. The van der Waals surface area contributed by atoms with Crippen molar-refractivity contribution in [2.45, 2.75) is 25.3 Å². The Morgan fingerprint density at radius 2 is 1.50 bits per heavy atom. The Hall–Kier alpha value is -1.85. The van der Waals surface area contributed by atoms with Gasteiger partial charge in [0, 0.05) is 24.8 Å². The number of anilines is 1. The fourth-order valence-corrected chi connectivity index (χ4v) is 4.47. The summed E-state index contributed by atoms with van der Waals surface area (Å²) in [6.45, 7) is 1.77. The summed E-state index contributed by atoms with van der Waals surface area (Å²) in [5.41, 5.74) is 2.27. The number of hydrogen-bond acceptors (Lipinski definition) is 3. The molecule has 4 nitrogen and oxygen atoms in total. The number of para-hydroxylation sites is 1. The largest absolute Gasteiger partial charge is 0.371 e. The Kier molecular flexibility index (Phi) is 5.53. The number of nitrogens with one attached hydrogen (secondary N) is 1. The fraction of sp³-hybridized carbons (Fsp3) is 0.368. The van der Waals surface area contributed by atoms with Crippen molar-refractivity contribution in [2.75, 3.05) is 23.7 Å². The Morgan fingerprint density at radius 1 is 0.917 bits per heavy atom. The highest BCUT2D eigenvalue weighted by molar-refractivity contribution is 7.89. The lowest BCUT2D eigenvalue weighted by Gasteiger charge is -2.33. The summed E-state index contributed by atoms with van der Waals surface area (Å²) in [5.74, 6) is 0.149. The third-order valence-electron chi connectivity index (χ3n) is 4.46. The number of benzene rings is 2. The highest BCUT2D eigenvalue weighted by atomic mass is 32.2. The van der Waals surface area contributed by atoms with Gasteiger partial charge in [-0.25, -0.2) is 13.1 Å². The van der Waals surface area contributed by atoms with Crippen LogP contribution in [0.5, 0.6) is 0 Å². The van der Waals surface area contributed by atoms with E-state index in [2.05, 4.69) is 21.8 Å². The maximum absolute atomic E-state index is 12.3. The van der Waals surface area contributed by atoms with Crippen LogP contribution >= 0.6 is 0 Å². The summed E-state index contributed by atoms with van der Waals surface area (Å²) in [7, 11) is -3.23. The highest BCUT2D eigenvalue weighted by Crippen LogP contribution is 2.19. The molecule has 0 spiro atoms. The van der Waals surface area contributed by atoms with Crippen molar-refractivity contribution < 1.29 is 8.42 Å². The molecule has 1 fully saturated rings. The van der Waals surface area contributed by atoms with Crippen molar-refractivity contribution in [3.8, 4) is 0 Å². The quantitative estimate of drug-likeness (QED) is 0.877. The number of aryl methyl sites for hydroxylation is 1. The van der Waals surface area contributed by atoms with E-state index in [9.17, 15) is 8.42 Å². The zero-order valence-electron chi connectivity index (χ0n) is 13.8. The van der Waals surface area contributed by atoms with E-state index in [0.29, 0.717) is 6.42 Å². The second kappa shape index (κ2) is 7.81. The van der Waals surface area contributed by atoms with Crippen LogP contribution < -0.4 is 9.62 Å². The van der Waals surface area contributed by atoms with Crippen molar-refractivity contribution in [1.29, 1.82) is 0 Å². The van der Waals surface area contributed by atoms with E-state index in [1.54, 1.807) is 0 Å². The van der Waals surface area contributed by atoms with E-state index in [-0.39, 0.29) is 11.8 Å². The van der Waals surface area contributed by atoms with Gasteiger partial charge in [0.2, 0.25) is 10.0 Å². The number of nitrogens with zero attached hydrogens (tertiary/aromatic N) is 1. The lowest BCUT2D eigenvalue weighted by atomic mass is 10.1. The normalized spacial score (nSPS) is 16.2. The van der Waals surface area contributed by atoms with Crippen LogP contribution in [0.3, 0.4) is 0 Å². The maximum Gasteiger partial charge on any atom is 0.212 e. The predicted molar refractivity (Wildman–Crippen MR) is 98.7 cm³/mol. The molecule has 0 aromatic heterocycles. The van der Waals surface area contributed by atoms with Crippen molar-refractivity contribution in [3.05, 3.63) is 66.2 Å². The van der Waals surface area contributed by atoms with Crippen LogP contribution in [0.15, 0.2) is 60.7 Å². The minimum Gasteiger partial charge on any atom is -0.371 e. The van der Waals surface area contributed by atoms with Crippen LogP contribution in [0, 0.1) is 0 Å². The molecule has 0 unspecified atom stereocenters. The van der Waals surface area contributed by atoms with Crippen molar-refractivity contribution in [2.24, 2.45) is 0 Å². The van der Waals surface area contributed by atoms with Gasteiger partial charge in [-0.05, 0) is 37.0 Å². The predicted octanol–water partition coefficient (Wildman–Crippen LogP) is 2.82. The first kappa shape index (κ1) is 17.0. The molecule has 1 saturated heterocycles. The number of sulfonamides is 1. The zero-order chi connectivity index (χ0) is 16.8. The van der Waals surface area contributed by atoms with Crippen LogP contribution in [-0.2, 0) is 16.4 Å². The fourth-order valence-electron chi connectivity index (χ4n) is 3.10. The first-order chi connectivity index (χ1) is 11.6. The van der Waals surface area contributed by atoms with Crippen LogP contribution in [0.25, 0.3) is 0 Å². The first-order valence-electron chi connectivity index (χ1n) is 8.46. The van der Waals surface area contributed by atoms with Gasteiger partial charge in [-0.2, -0.15) is 0 Å². The molecule has 1 heterocycles. The first-order valence-corrected chi connectivity index (χ1v) is 10.1. The molecule has 0 saturated carbocycles. The van der Waals surface area contributed by atoms with Gasteiger partial charge >= 0.3 is 0 Å². The van der Waals surface area contributed by atoms with E-state index in [0.717, 1.165) is 31.5 Å². The van der Waals surface area contributed by atoms with Crippen molar-refractivity contribution >= 4 is 15.7 Å². The van der Waals surface area contributed by atoms with Gasteiger partial charge in [0.25, 0.3) is 0 Å². The number of hydrogen-bond donors (Lipinski definition) is 1. The molecular formula is C19H24N2O2S. The highest BCUT2D eigenvalue weighted by Gasteiger charge is 2.23. The van der Waals surface area contributed by atoms with Crippen LogP contribution in [0.2, 0.25) is 0 Å². The number of rotatable bonds is 6. The third-order valence-corrected chi connectivity index (χ3v) is 5.90. The van der Waals surface area contributed by atoms with Gasteiger partial charge in [-0.15, -0.1) is 0 Å². The molecular weight excluding hydrogens is 320 g/mol. The molecule has 0 amide bonds. The second-order valence-electron chi connectivity index (χ2n) is 6.27. The Bertz CT molecular complexity index is 724. The van der Waals surface area contributed by atoms with E-state index in [1.165, 1.54) is 5.69 Å². The van der Waals surface area contributed by atoms with Gasteiger partial charge in [-0.3, -0.25) is 0 Å². The molecule has 2 aromatic rings. The Morgan fingerprint density at radius 3 is 2.12 bits per heavy atom. The molecule has 0 aliphatic carbocycles. The molecule has 128 valence electrons. The van der Waals surface area contributed by atoms with Gasteiger partial charge in [0.15, 0.2) is 0 Å². The minimum atomic E-state index is -3.23. The maximum atomic E-state index is 12.3. The molecule has 0 radical (unpaired) electrons. The third kappa shape index (κ3) is 4.82. The summed E-state index contributed by atoms with van der Waals surface area (Å²) in [4.78, 5) is 2.31. The SMILES string of the molecule is O=S(=O)(CCc1ccccc1)NC1CCN(c2ccccc2)CC1. The summed E-state index contributed by atoms with van der Waals surface area (Å²) in [6.07, 6.45) is 2.25. The average molecular weight is 344 g/mol. The smallest absolute Gasteiger partial charge is 0.212 e. The standard InChI is InChI=1S/C19H24N2O2S/c22-24(23,16-13-17-7-3-1-4-8-17)20-18-11-14-21(15-12-18)19-9-5-2-6-10-19/h1-10,18,20H,11-16H2. The van der Waals surface area contributed by atoms with Crippen LogP contribution in [0.1, 0.15) is 18.4 Å². The van der Waals surface area contributed by atoms with E-state index < -0.39 is 10.0 Å². The molecule has 2 aromatic carbocycles. The average Bonchev–Trinajstić information content (AvgIpc) is 2.62. The Labute approximate surface area is 144 Å². The van der Waals surface area contributed by atoms with Gasteiger partial charge in [0.05, 0.1) is 5.75 Å². The van der Waals surface area contributed by atoms with Crippen molar-refractivity contribution in [1.82, 2.24) is 4.72 Å². The summed E-state index contributed by atoms with van der Waals surface area (Å²) in [5, 5.41) is 0. The molecule has 0 atom stereocenters. The van der Waals surface area contributed by atoms with Crippen LogP contribution in [-0.4, -0.2) is 33.3 Å². The van der Waals surface area contributed by atoms with E-state index >= 15 is 0 Å². The van der Waals surface area contributed by atoms with Gasteiger partial charge in [0.1, 0.15) is 0 Å². The lowest BCUT2D eigenvalue weighted by Crippen LogP contribution is -2.45. The van der Waals surface area contributed by atoms with Crippen LogP contribution in [0.4, 0.5) is 5.69 Å². The molecule has 24 heavy (non-hydrogen) atoms. The van der Waals surface area contributed by atoms with E-state index in [1.807, 2.05) is 48.5 Å². The molecule has 1 aliphatic rings. The van der Waals surface area contributed by atoms with Crippen molar-refractivity contribution in [3.63, 3.8) is 0 Å². The van der Waals surface area contributed by atoms with E-state index in [4.69, 9.17) is 0 Å². The lowest BCUT2D eigenvalue weighted by molar-refractivity contribution is 0.460. The summed E-state index contributed by atoms with van der Waals surface area (Å²) in [6, 6.07) is 20.1. The second-order valence-corrected chi connectivity index (χ2v) is 8.14.